The van der Waals surface area contributed by atoms with E-state index in [9.17, 15) is 9.59 Å². The molecule has 0 spiro atoms. The minimum atomic E-state index is -0.510. The third kappa shape index (κ3) is 37.9. The van der Waals surface area contributed by atoms with E-state index in [-0.39, 0.29) is 17.6 Å². The van der Waals surface area contributed by atoms with E-state index in [4.69, 9.17) is 22.9 Å². The number of nitrogens with zero attached hydrogens (tertiary/aromatic N) is 1. The van der Waals surface area contributed by atoms with Crippen molar-refractivity contribution in [3.8, 4) is 0 Å². The normalized spacial score (nSPS) is 13.5. The summed E-state index contributed by atoms with van der Waals surface area (Å²) in [6.45, 7) is 7.08. The Hall–Kier alpha value is -1.54. The summed E-state index contributed by atoms with van der Waals surface area (Å²) in [6.07, 6.45) is 52.8. The molecule has 0 aromatic carbocycles. The molecule has 0 saturated heterocycles. The van der Waals surface area contributed by atoms with Gasteiger partial charge >= 0.3 is 0 Å². The molecule has 348 valence electrons. The van der Waals surface area contributed by atoms with Gasteiger partial charge in [-0.3, -0.25) is 9.59 Å². The first-order chi connectivity index (χ1) is 28.9. The molecule has 3 atom stereocenters. The molecule has 0 aliphatic carbocycles. The Kier molecular flexibility index (Phi) is 44.8. The number of amides is 1. The smallest absolute Gasteiger partial charge is 0.239 e. The fourth-order valence-electron chi connectivity index (χ4n) is 8.26. The van der Waals surface area contributed by atoms with Gasteiger partial charge in [0.25, 0.3) is 0 Å². The molecule has 0 aliphatic heterocycles. The maximum atomic E-state index is 13.7. The Balaban J connectivity index is 4.83. The molecule has 0 rings (SSSR count). The second-order valence-corrected chi connectivity index (χ2v) is 18.0. The van der Waals surface area contributed by atoms with Crippen molar-refractivity contribution in [3.05, 3.63) is 24.3 Å². The molecule has 7 nitrogen and oxygen atoms in total. The van der Waals surface area contributed by atoms with E-state index < -0.39 is 12.1 Å². The summed E-state index contributed by atoms with van der Waals surface area (Å²) in [7, 11) is 0. The third-order valence-electron chi connectivity index (χ3n) is 12.3. The lowest BCUT2D eigenvalue weighted by Gasteiger charge is -2.28. The Labute approximate surface area is 367 Å². The minimum Gasteiger partial charge on any atom is -0.341 e. The number of ketones is 1. The maximum Gasteiger partial charge on any atom is 0.239 e. The zero-order valence-electron chi connectivity index (χ0n) is 39.6. The van der Waals surface area contributed by atoms with Crippen LogP contribution >= 0.6 is 0 Å². The summed E-state index contributed by atoms with van der Waals surface area (Å²) in [6, 6.07) is -0.965. The summed E-state index contributed by atoms with van der Waals surface area (Å²) < 4.78 is 0. The van der Waals surface area contributed by atoms with Gasteiger partial charge in [0.1, 0.15) is 0 Å². The Morgan fingerprint density at radius 1 is 0.407 bits per heavy atom. The van der Waals surface area contributed by atoms with E-state index in [1.54, 1.807) is 0 Å². The van der Waals surface area contributed by atoms with Crippen LogP contribution in [0.15, 0.2) is 24.3 Å². The van der Waals surface area contributed by atoms with E-state index >= 15 is 0 Å². The molecule has 0 bridgehead atoms. The zero-order chi connectivity index (χ0) is 43.3. The largest absolute Gasteiger partial charge is 0.341 e. The lowest BCUT2D eigenvalue weighted by Crippen LogP contribution is -2.45. The van der Waals surface area contributed by atoms with Gasteiger partial charge in [0.05, 0.1) is 12.1 Å². The molecule has 1 amide bonds. The van der Waals surface area contributed by atoms with Crippen molar-refractivity contribution >= 4 is 11.7 Å². The first kappa shape index (κ1) is 57.5. The first-order valence-electron chi connectivity index (χ1n) is 26.0. The van der Waals surface area contributed by atoms with Gasteiger partial charge < -0.3 is 27.8 Å². The highest BCUT2D eigenvalue weighted by Gasteiger charge is 2.27. The van der Waals surface area contributed by atoms with E-state index in [0.717, 1.165) is 57.8 Å². The lowest BCUT2D eigenvalue weighted by atomic mass is 9.87. The number of hydrogen-bond donors (Lipinski definition) is 4. The van der Waals surface area contributed by atoms with Crippen LogP contribution in [0.5, 0.6) is 0 Å². The number of allylic oxidation sites excluding steroid dienone is 4. The van der Waals surface area contributed by atoms with Crippen molar-refractivity contribution in [2.24, 2.45) is 28.9 Å². The Morgan fingerprint density at radius 3 is 1.19 bits per heavy atom. The van der Waals surface area contributed by atoms with Gasteiger partial charge in [-0.05, 0) is 109 Å². The van der Waals surface area contributed by atoms with Crippen LogP contribution in [0, 0.1) is 5.92 Å². The molecular formula is C52H103N5O2. The lowest BCUT2D eigenvalue weighted by molar-refractivity contribution is -0.134. The minimum absolute atomic E-state index is 0.0286. The monoisotopic (exact) mass is 830 g/mol. The van der Waals surface area contributed by atoms with Crippen LogP contribution in [0.2, 0.25) is 0 Å². The topological polar surface area (TPSA) is 141 Å². The van der Waals surface area contributed by atoms with Gasteiger partial charge in [0.2, 0.25) is 5.91 Å². The summed E-state index contributed by atoms with van der Waals surface area (Å²) >= 11 is 0. The second kappa shape index (κ2) is 46.0. The molecule has 0 aliphatic rings. The Bertz CT molecular complexity index is 955. The van der Waals surface area contributed by atoms with Crippen molar-refractivity contribution in [1.82, 2.24) is 4.90 Å². The number of carbonyl (C=O) groups excluding carboxylic acids is 2. The SMILES string of the molecule is CCCCCCCC/C=C/CCCCCCCCN(CCC(CCCCCCCC/C=C/CCCCCCCCC)C(=O)C(N)CCCCN)C(=O)C(N)CCCCN. The molecule has 59 heavy (non-hydrogen) atoms. The van der Waals surface area contributed by atoms with Gasteiger partial charge in [-0.15, -0.1) is 0 Å². The zero-order valence-corrected chi connectivity index (χ0v) is 39.6. The van der Waals surface area contributed by atoms with Crippen LogP contribution in [0.4, 0.5) is 0 Å². The van der Waals surface area contributed by atoms with Crippen molar-refractivity contribution in [2.75, 3.05) is 26.2 Å². The van der Waals surface area contributed by atoms with Gasteiger partial charge in [-0.2, -0.15) is 0 Å². The number of nitrogens with two attached hydrogens (primary N) is 4. The number of carbonyl (C=O) groups is 2. The van der Waals surface area contributed by atoms with E-state index in [1.165, 1.54) is 161 Å². The van der Waals surface area contributed by atoms with Crippen LogP contribution in [-0.4, -0.2) is 54.9 Å². The number of hydrogen-bond acceptors (Lipinski definition) is 6. The third-order valence-corrected chi connectivity index (χ3v) is 12.3. The molecule has 0 aromatic heterocycles. The van der Waals surface area contributed by atoms with E-state index in [2.05, 4.69) is 38.2 Å². The van der Waals surface area contributed by atoms with Crippen molar-refractivity contribution < 1.29 is 9.59 Å². The summed E-state index contributed by atoms with van der Waals surface area (Å²) in [5.74, 6) is 0.0797. The summed E-state index contributed by atoms with van der Waals surface area (Å²) in [4.78, 5) is 29.4. The Morgan fingerprint density at radius 2 is 0.763 bits per heavy atom. The summed E-state index contributed by atoms with van der Waals surface area (Å²) in [5.41, 5.74) is 24.4. The molecule has 7 heteroatoms. The van der Waals surface area contributed by atoms with E-state index in [1.807, 2.05) is 4.90 Å². The molecule has 0 saturated carbocycles. The van der Waals surface area contributed by atoms with Crippen molar-refractivity contribution in [1.29, 1.82) is 0 Å². The molecule has 0 fully saturated rings. The maximum absolute atomic E-state index is 13.7. The molecule has 0 aromatic rings. The van der Waals surface area contributed by atoms with E-state index in [0.29, 0.717) is 45.4 Å². The highest BCUT2D eigenvalue weighted by Crippen LogP contribution is 2.21. The average Bonchev–Trinajstić information content (AvgIpc) is 3.24. The van der Waals surface area contributed by atoms with Gasteiger partial charge in [-0.25, -0.2) is 0 Å². The second-order valence-electron chi connectivity index (χ2n) is 18.0. The average molecular weight is 830 g/mol. The van der Waals surface area contributed by atoms with Gasteiger partial charge in [0.15, 0.2) is 5.78 Å². The fourth-order valence-corrected chi connectivity index (χ4v) is 8.26. The van der Waals surface area contributed by atoms with Crippen molar-refractivity contribution in [2.45, 2.75) is 264 Å². The fraction of sp³-hybridized carbons (Fsp3) is 0.885. The predicted octanol–water partition coefficient (Wildman–Crippen LogP) is 13.2. The highest BCUT2D eigenvalue weighted by atomic mass is 16.2. The van der Waals surface area contributed by atoms with Crippen molar-refractivity contribution in [3.63, 3.8) is 0 Å². The number of unbranched alkanes of at least 4 members (excludes halogenated alkanes) is 27. The van der Waals surface area contributed by atoms with Crippen LogP contribution in [0.1, 0.15) is 251 Å². The molecule has 8 N–H and O–H groups in total. The molecule has 0 heterocycles. The molecule has 0 radical (unpaired) electrons. The van der Waals surface area contributed by atoms with Crippen LogP contribution < -0.4 is 22.9 Å². The standard InChI is InChI=1S/C52H103N5O2/c1-3-5-7-9-11-13-15-17-19-21-22-24-26-28-30-32-34-40-48(51(58)49(55)41-35-37-44-53)43-47-57(52(59)50(56)42-36-38-45-54)46-39-33-31-29-27-25-23-20-18-16-14-12-10-8-6-4-2/h18-21,48-50H,3-17,22-47,53-56H2,1-2H3/b20-18+,21-19+. The first-order valence-corrected chi connectivity index (χ1v) is 26.0. The van der Waals surface area contributed by atoms with Crippen LogP contribution in [-0.2, 0) is 9.59 Å². The predicted molar refractivity (Wildman–Crippen MR) is 260 cm³/mol. The molecule has 3 unspecified atom stereocenters. The van der Waals surface area contributed by atoms with Gasteiger partial charge in [-0.1, -0.05) is 179 Å². The van der Waals surface area contributed by atoms with Crippen LogP contribution in [0.3, 0.4) is 0 Å². The molecular weight excluding hydrogens is 727 g/mol. The van der Waals surface area contributed by atoms with Gasteiger partial charge in [0, 0.05) is 19.0 Å². The summed E-state index contributed by atoms with van der Waals surface area (Å²) in [5, 5.41) is 0. The number of Topliss-reactive ketones (excluding diaryl/α,β-unsaturated/α-hetero) is 1. The number of rotatable bonds is 47. The highest BCUT2D eigenvalue weighted by molar-refractivity contribution is 5.86. The quantitative estimate of drug-likeness (QED) is 0.0355. The van der Waals surface area contributed by atoms with Crippen LogP contribution in [0.25, 0.3) is 0 Å².